The van der Waals surface area contributed by atoms with Gasteiger partial charge in [-0.15, -0.1) is 0 Å². The number of hydrogen-bond donors (Lipinski definition) is 0. The molecule has 0 bridgehead atoms. The molecule has 0 aliphatic carbocycles. The lowest BCUT2D eigenvalue weighted by Gasteiger charge is -1.87. The van der Waals surface area contributed by atoms with Gasteiger partial charge in [0, 0.05) is 5.56 Å². The summed E-state index contributed by atoms with van der Waals surface area (Å²) in [5.41, 5.74) is 1.32. The molecule has 0 saturated heterocycles. The molecule has 0 saturated carbocycles. The van der Waals surface area contributed by atoms with E-state index in [1.807, 2.05) is 34.4 Å². The molecular weight excluding hydrogens is 216 g/mol. The molecule has 1 heterocycles. The monoisotopic (exact) mass is 225 g/mol. The molecule has 0 fully saturated rings. The quantitative estimate of drug-likeness (QED) is 0.536. The van der Waals surface area contributed by atoms with Crippen LogP contribution in [0.25, 0.3) is 10.4 Å². The van der Waals surface area contributed by atoms with Crippen molar-refractivity contribution in [3.05, 3.63) is 35.7 Å². The molecule has 1 aromatic heterocycles. The van der Waals surface area contributed by atoms with Crippen molar-refractivity contribution in [1.29, 1.82) is 0 Å². The Balaban J connectivity index is 2.36. The van der Waals surface area contributed by atoms with E-state index in [2.05, 4.69) is 42.0 Å². The van der Waals surface area contributed by atoms with E-state index in [0.29, 0.717) is 0 Å². The maximum absolute atomic E-state index is 2.23. The first-order valence-electron chi connectivity index (χ1n) is 3.91. The standard InChI is InChI=1S/C10H9S3/c1-11-10-12-7-9(13-10)8-5-3-2-4-6-8/h2-7H,1H3/q+1. The van der Waals surface area contributed by atoms with Crippen LogP contribution in [-0.4, -0.2) is 6.26 Å². The normalized spacial score (nSPS) is 10.2. The first kappa shape index (κ1) is 9.19. The van der Waals surface area contributed by atoms with Gasteiger partial charge in [0.2, 0.25) is 0 Å². The molecule has 0 aliphatic heterocycles. The molecule has 0 unspecified atom stereocenters. The minimum atomic E-state index is 1.32. The third kappa shape index (κ3) is 2.10. The summed E-state index contributed by atoms with van der Waals surface area (Å²) in [5.74, 6) is 0. The van der Waals surface area contributed by atoms with Crippen molar-refractivity contribution >= 4 is 34.4 Å². The highest BCUT2D eigenvalue weighted by Gasteiger charge is 2.13. The Kier molecular flexibility index (Phi) is 2.98. The Labute approximate surface area is 90.3 Å². The van der Waals surface area contributed by atoms with Gasteiger partial charge in [-0.2, -0.15) is 0 Å². The maximum atomic E-state index is 2.23. The summed E-state index contributed by atoms with van der Waals surface area (Å²) in [6, 6.07) is 10.5. The highest BCUT2D eigenvalue weighted by Crippen LogP contribution is 2.36. The highest BCUT2D eigenvalue weighted by molar-refractivity contribution is 8.02. The Morgan fingerprint density at radius 3 is 2.62 bits per heavy atom. The molecule has 0 atom stereocenters. The van der Waals surface area contributed by atoms with Crippen molar-refractivity contribution in [2.45, 2.75) is 3.52 Å². The third-order valence-corrected chi connectivity index (χ3v) is 5.53. The van der Waals surface area contributed by atoms with Gasteiger partial charge in [-0.3, -0.25) is 0 Å². The third-order valence-electron chi connectivity index (χ3n) is 1.68. The topological polar surface area (TPSA) is 0 Å². The zero-order valence-corrected chi connectivity index (χ0v) is 9.64. The fraction of sp³-hybridized carbons (Fsp3) is 0.100. The van der Waals surface area contributed by atoms with Crippen molar-refractivity contribution in [2.75, 3.05) is 6.26 Å². The summed E-state index contributed by atoms with van der Waals surface area (Å²) in [4.78, 5) is 1.37. The van der Waals surface area contributed by atoms with E-state index in [1.165, 1.54) is 14.0 Å². The fourth-order valence-electron chi connectivity index (χ4n) is 1.06. The van der Waals surface area contributed by atoms with E-state index in [-0.39, 0.29) is 0 Å². The average Bonchev–Trinajstić information content (AvgIpc) is 2.67. The lowest BCUT2D eigenvalue weighted by molar-refractivity contribution is 1.71. The summed E-state index contributed by atoms with van der Waals surface area (Å²) in [6.45, 7) is 0. The lowest BCUT2D eigenvalue weighted by atomic mass is 10.2. The molecule has 0 amide bonds. The Morgan fingerprint density at radius 1 is 1.23 bits per heavy atom. The second-order valence-corrected chi connectivity index (χ2v) is 6.05. The smallest absolute Gasteiger partial charge is 0.0622 e. The van der Waals surface area contributed by atoms with E-state index in [1.54, 1.807) is 0 Å². The predicted octanol–water partition coefficient (Wildman–Crippen LogP) is 4.48. The van der Waals surface area contributed by atoms with Gasteiger partial charge in [0.15, 0.2) is 4.88 Å². The second kappa shape index (κ2) is 4.22. The number of benzene rings is 1. The van der Waals surface area contributed by atoms with Crippen LogP contribution in [0.2, 0.25) is 0 Å². The van der Waals surface area contributed by atoms with Crippen molar-refractivity contribution in [3.63, 3.8) is 0 Å². The van der Waals surface area contributed by atoms with Gasteiger partial charge < -0.3 is 0 Å². The van der Waals surface area contributed by atoms with Crippen LogP contribution in [0, 0.1) is 0 Å². The van der Waals surface area contributed by atoms with Crippen molar-refractivity contribution < 1.29 is 0 Å². The van der Waals surface area contributed by atoms with Gasteiger partial charge in [-0.1, -0.05) is 42.1 Å². The Morgan fingerprint density at radius 2 is 2.00 bits per heavy atom. The Bertz CT molecular complexity index is 378. The number of hydrogen-bond acceptors (Lipinski definition) is 2. The van der Waals surface area contributed by atoms with E-state index in [0.717, 1.165) is 0 Å². The van der Waals surface area contributed by atoms with Crippen LogP contribution in [0.4, 0.5) is 0 Å². The predicted molar refractivity (Wildman–Crippen MR) is 63.8 cm³/mol. The fourth-order valence-corrected chi connectivity index (χ4v) is 3.91. The van der Waals surface area contributed by atoms with Gasteiger partial charge in [-0.05, 0) is 6.26 Å². The molecule has 3 heteroatoms. The van der Waals surface area contributed by atoms with Gasteiger partial charge in [0.1, 0.15) is 16.7 Å². The van der Waals surface area contributed by atoms with Gasteiger partial charge >= 0.3 is 3.52 Å². The van der Waals surface area contributed by atoms with Crippen LogP contribution in [0.3, 0.4) is 0 Å². The highest BCUT2D eigenvalue weighted by atomic mass is 32.2. The first-order chi connectivity index (χ1) is 6.40. The van der Waals surface area contributed by atoms with E-state index in [4.69, 9.17) is 0 Å². The van der Waals surface area contributed by atoms with Crippen LogP contribution in [-0.2, 0) is 0 Å². The van der Waals surface area contributed by atoms with Crippen LogP contribution in [0.1, 0.15) is 0 Å². The molecule has 2 aromatic rings. The SMILES string of the molecule is CSc1sc(-c2ccccc2)c[s+]1. The molecule has 0 N–H and O–H groups in total. The molecule has 1 aromatic carbocycles. The molecule has 13 heavy (non-hydrogen) atoms. The van der Waals surface area contributed by atoms with Gasteiger partial charge in [-0.25, -0.2) is 0 Å². The second-order valence-electron chi connectivity index (χ2n) is 2.52. The molecule has 0 aliphatic rings. The van der Waals surface area contributed by atoms with E-state index < -0.39 is 0 Å². The van der Waals surface area contributed by atoms with Crippen molar-refractivity contribution in [3.8, 4) is 10.4 Å². The van der Waals surface area contributed by atoms with Crippen molar-refractivity contribution in [2.24, 2.45) is 0 Å². The lowest BCUT2D eigenvalue weighted by Crippen LogP contribution is -1.67. The van der Waals surface area contributed by atoms with Gasteiger partial charge in [0.05, 0.1) is 11.3 Å². The summed E-state index contributed by atoms with van der Waals surface area (Å²) >= 11 is 5.51. The molecular formula is C10H9S3+. The largest absolute Gasteiger partial charge is 0.312 e. The van der Waals surface area contributed by atoms with Crippen molar-refractivity contribution in [1.82, 2.24) is 0 Å². The van der Waals surface area contributed by atoms with Crippen LogP contribution in [0.15, 0.2) is 39.2 Å². The number of thioether (sulfide) groups is 1. The summed E-state index contributed by atoms with van der Waals surface area (Å²) < 4.78 is 1.42. The van der Waals surface area contributed by atoms with Crippen LogP contribution in [0.5, 0.6) is 0 Å². The van der Waals surface area contributed by atoms with Gasteiger partial charge in [0.25, 0.3) is 0 Å². The summed E-state index contributed by atoms with van der Waals surface area (Å²) in [5, 5.41) is 2.23. The van der Waals surface area contributed by atoms with Crippen LogP contribution < -0.4 is 0 Å². The molecule has 0 nitrogen and oxygen atoms in total. The number of rotatable bonds is 2. The van der Waals surface area contributed by atoms with E-state index >= 15 is 0 Å². The average molecular weight is 225 g/mol. The summed E-state index contributed by atoms with van der Waals surface area (Å²) in [6.07, 6.45) is 2.12. The molecule has 0 spiro atoms. The molecule has 2 rings (SSSR count). The zero-order chi connectivity index (χ0) is 9.10. The maximum Gasteiger partial charge on any atom is 0.312 e. The first-order valence-corrected chi connectivity index (χ1v) is 6.83. The minimum Gasteiger partial charge on any atom is -0.0622 e. The molecule has 0 radical (unpaired) electrons. The molecule has 66 valence electrons. The Hall–Kier alpha value is -0.380. The van der Waals surface area contributed by atoms with Crippen LogP contribution >= 0.6 is 34.4 Å². The zero-order valence-electron chi connectivity index (χ0n) is 7.19. The van der Waals surface area contributed by atoms with E-state index in [9.17, 15) is 0 Å². The summed E-state index contributed by atoms with van der Waals surface area (Å²) in [7, 11) is 0. The minimum absolute atomic E-state index is 1.32.